The first-order chi connectivity index (χ1) is 11.5. The van der Waals surface area contributed by atoms with Crippen LogP contribution in [0.3, 0.4) is 0 Å². The molecule has 0 radical (unpaired) electrons. The summed E-state index contributed by atoms with van der Waals surface area (Å²) >= 11 is 0. The van der Waals surface area contributed by atoms with Gasteiger partial charge in [-0.2, -0.15) is 0 Å². The lowest BCUT2D eigenvalue weighted by molar-refractivity contribution is -0.122. The number of nitrogens with zero attached hydrogens (tertiary/aromatic N) is 1. The van der Waals surface area contributed by atoms with Gasteiger partial charge in [0.2, 0.25) is 5.91 Å². The number of nitrogens with two attached hydrogens (primary N) is 1. The number of ether oxygens (including phenoxy) is 2. The van der Waals surface area contributed by atoms with Gasteiger partial charge in [0.15, 0.2) is 0 Å². The number of amides is 2. The molecule has 0 unspecified atom stereocenters. The molecule has 1 aliphatic heterocycles. The van der Waals surface area contributed by atoms with E-state index in [4.69, 9.17) is 15.2 Å². The fourth-order valence-corrected chi connectivity index (χ4v) is 3.27. The van der Waals surface area contributed by atoms with Gasteiger partial charge in [0, 0.05) is 37.0 Å². The van der Waals surface area contributed by atoms with Gasteiger partial charge >= 0.3 is 0 Å². The number of H-pyrrole nitrogens is 1. The summed E-state index contributed by atoms with van der Waals surface area (Å²) in [5, 5.41) is 0.900. The quantitative estimate of drug-likeness (QED) is 0.854. The number of hydrogen-bond acceptors (Lipinski definition) is 4. The van der Waals surface area contributed by atoms with Crippen LogP contribution in [-0.4, -0.2) is 55.6 Å². The van der Waals surface area contributed by atoms with Gasteiger partial charge in [0.25, 0.3) is 5.91 Å². The maximum Gasteiger partial charge on any atom is 0.270 e. The third kappa shape index (κ3) is 2.94. The predicted molar refractivity (Wildman–Crippen MR) is 88.8 cm³/mol. The molecule has 2 amide bonds. The molecule has 2 heterocycles. The van der Waals surface area contributed by atoms with Crippen molar-refractivity contribution in [2.24, 2.45) is 17.6 Å². The van der Waals surface area contributed by atoms with Crippen LogP contribution in [0.5, 0.6) is 5.75 Å². The van der Waals surface area contributed by atoms with Gasteiger partial charge in [-0.25, -0.2) is 0 Å². The van der Waals surface area contributed by atoms with Crippen molar-refractivity contribution in [1.29, 1.82) is 0 Å². The number of methoxy groups -OCH3 is 2. The summed E-state index contributed by atoms with van der Waals surface area (Å²) in [7, 11) is 3.18. The van der Waals surface area contributed by atoms with Crippen molar-refractivity contribution >= 4 is 22.7 Å². The Kier molecular flexibility index (Phi) is 4.44. The molecule has 0 bridgehead atoms. The van der Waals surface area contributed by atoms with Gasteiger partial charge in [0.05, 0.1) is 19.6 Å². The van der Waals surface area contributed by atoms with Crippen LogP contribution in [0.2, 0.25) is 0 Å². The van der Waals surface area contributed by atoms with Crippen LogP contribution in [-0.2, 0) is 9.53 Å². The van der Waals surface area contributed by atoms with Gasteiger partial charge in [-0.05, 0) is 24.3 Å². The van der Waals surface area contributed by atoms with Gasteiger partial charge in [-0.15, -0.1) is 0 Å². The lowest BCUT2D eigenvalue weighted by Gasteiger charge is -2.15. The molecule has 0 spiro atoms. The van der Waals surface area contributed by atoms with Crippen LogP contribution in [0.4, 0.5) is 0 Å². The Balaban J connectivity index is 1.82. The van der Waals surface area contributed by atoms with Crippen molar-refractivity contribution in [3.8, 4) is 5.75 Å². The highest BCUT2D eigenvalue weighted by Gasteiger charge is 2.39. The van der Waals surface area contributed by atoms with Gasteiger partial charge in [-0.1, -0.05) is 0 Å². The van der Waals surface area contributed by atoms with Crippen LogP contribution < -0.4 is 10.5 Å². The third-order valence-electron chi connectivity index (χ3n) is 4.53. The van der Waals surface area contributed by atoms with E-state index in [9.17, 15) is 9.59 Å². The lowest BCUT2D eigenvalue weighted by atomic mass is 9.96. The Morgan fingerprint density at radius 2 is 2.08 bits per heavy atom. The Morgan fingerprint density at radius 3 is 2.75 bits per heavy atom. The molecular formula is C17H21N3O4. The summed E-state index contributed by atoms with van der Waals surface area (Å²) < 4.78 is 10.3. The molecule has 3 rings (SSSR count). The molecule has 1 aliphatic rings. The van der Waals surface area contributed by atoms with Crippen LogP contribution in [0.15, 0.2) is 24.3 Å². The van der Waals surface area contributed by atoms with E-state index in [1.807, 2.05) is 18.2 Å². The van der Waals surface area contributed by atoms with Gasteiger partial charge < -0.3 is 25.1 Å². The summed E-state index contributed by atoms with van der Waals surface area (Å²) in [4.78, 5) is 29.1. The summed E-state index contributed by atoms with van der Waals surface area (Å²) in [6.07, 6.45) is 0. The van der Waals surface area contributed by atoms with E-state index in [1.54, 1.807) is 25.2 Å². The average molecular weight is 331 g/mol. The number of aromatic nitrogens is 1. The second-order valence-electron chi connectivity index (χ2n) is 6.07. The van der Waals surface area contributed by atoms with Crippen LogP contribution in [0, 0.1) is 11.8 Å². The van der Waals surface area contributed by atoms with E-state index in [0.29, 0.717) is 25.4 Å². The van der Waals surface area contributed by atoms with Crippen molar-refractivity contribution in [1.82, 2.24) is 9.88 Å². The number of primary amides is 1. The minimum atomic E-state index is -0.395. The average Bonchev–Trinajstić information content (AvgIpc) is 3.17. The Labute approximate surface area is 139 Å². The van der Waals surface area contributed by atoms with Crippen molar-refractivity contribution in [2.75, 3.05) is 33.9 Å². The molecule has 0 aliphatic carbocycles. The zero-order valence-electron chi connectivity index (χ0n) is 13.7. The van der Waals surface area contributed by atoms with E-state index in [0.717, 1.165) is 16.7 Å². The molecule has 7 nitrogen and oxygen atoms in total. The van der Waals surface area contributed by atoms with E-state index in [2.05, 4.69) is 4.98 Å². The monoisotopic (exact) mass is 331 g/mol. The van der Waals surface area contributed by atoms with Crippen molar-refractivity contribution in [2.45, 2.75) is 0 Å². The highest BCUT2D eigenvalue weighted by molar-refractivity contribution is 5.98. The molecule has 1 saturated heterocycles. The number of nitrogens with one attached hydrogen (secondary N) is 1. The van der Waals surface area contributed by atoms with E-state index >= 15 is 0 Å². The lowest BCUT2D eigenvalue weighted by Crippen LogP contribution is -2.32. The third-order valence-corrected chi connectivity index (χ3v) is 4.53. The molecule has 1 aromatic carbocycles. The smallest absolute Gasteiger partial charge is 0.270 e. The minimum Gasteiger partial charge on any atom is -0.497 e. The molecule has 3 N–H and O–H groups in total. The van der Waals surface area contributed by atoms with Crippen LogP contribution in [0.25, 0.3) is 10.9 Å². The van der Waals surface area contributed by atoms with Crippen molar-refractivity contribution in [3.63, 3.8) is 0 Å². The Bertz CT molecular complexity index is 770. The van der Waals surface area contributed by atoms with Crippen LogP contribution in [0.1, 0.15) is 10.5 Å². The summed E-state index contributed by atoms with van der Waals surface area (Å²) in [6.45, 7) is 1.18. The molecule has 2 atom stereocenters. The number of hydrogen-bond donors (Lipinski definition) is 2. The van der Waals surface area contributed by atoms with E-state index in [-0.39, 0.29) is 17.7 Å². The predicted octanol–water partition coefficient (Wildman–Crippen LogP) is 0.996. The summed E-state index contributed by atoms with van der Waals surface area (Å²) in [5.74, 6) is -0.251. The fourth-order valence-electron chi connectivity index (χ4n) is 3.27. The summed E-state index contributed by atoms with van der Waals surface area (Å²) in [5.41, 5.74) is 6.80. The standard InChI is InChI=1S/C17H21N3O4/c1-23-9-11-7-20(8-13(11)16(18)21)17(22)15-6-10-5-12(24-2)3-4-14(10)19-15/h3-6,11,13,19H,7-9H2,1-2H3,(H2,18,21)/t11-,13+/m0/s1. The normalized spacial score (nSPS) is 20.5. The Hall–Kier alpha value is -2.54. The SMILES string of the molecule is COC[C@@H]1CN(C(=O)c2cc3cc(OC)ccc3[nH]2)C[C@H]1C(N)=O. The maximum atomic E-state index is 12.8. The number of aromatic amines is 1. The minimum absolute atomic E-state index is 0.0686. The highest BCUT2D eigenvalue weighted by Crippen LogP contribution is 2.27. The zero-order chi connectivity index (χ0) is 17.3. The number of carbonyl (C=O) groups excluding carboxylic acids is 2. The number of benzene rings is 1. The number of rotatable bonds is 5. The second-order valence-corrected chi connectivity index (χ2v) is 6.07. The topological polar surface area (TPSA) is 97.7 Å². The molecule has 1 fully saturated rings. The number of fused-ring (bicyclic) bond motifs is 1. The second kappa shape index (κ2) is 6.52. The molecule has 128 valence electrons. The first-order valence-electron chi connectivity index (χ1n) is 7.77. The first kappa shape index (κ1) is 16.3. The van der Waals surface area contributed by atoms with E-state index < -0.39 is 5.91 Å². The molecule has 24 heavy (non-hydrogen) atoms. The van der Waals surface area contributed by atoms with Gasteiger partial charge in [-0.3, -0.25) is 9.59 Å². The molecule has 7 heteroatoms. The van der Waals surface area contributed by atoms with Crippen LogP contribution >= 0.6 is 0 Å². The number of carbonyl (C=O) groups is 2. The molecular weight excluding hydrogens is 310 g/mol. The van der Waals surface area contributed by atoms with Gasteiger partial charge in [0.1, 0.15) is 11.4 Å². The molecule has 2 aromatic rings. The van der Waals surface area contributed by atoms with Crippen molar-refractivity contribution < 1.29 is 19.1 Å². The van der Waals surface area contributed by atoms with E-state index in [1.165, 1.54) is 0 Å². The first-order valence-corrected chi connectivity index (χ1v) is 7.77. The van der Waals surface area contributed by atoms with Crippen molar-refractivity contribution in [3.05, 3.63) is 30.0 Å². The Morgan fingerprint density at radius 1 is 1.29 bits per heavy atom. The largest absolute Gasteiger partial charge is 0.497 e. The zero-order valence-corrected chi connectivity index (χ0v) is 13.7. The fraction of sp³-hybridized carbons (Fsp3) is 0.412. The molecule has 1 aromatic heterocycles. The maximum absolute atomic E-state index is 12.8. The summed E-state index contributed by atoms with van der Waals surface area (Å²) in [6, 6.07) is 7.37. The highest BCUT2D eigenvalue weighted by atomic mass is 16.5. The number of likely N-dealkylation sites (tertiary alicyclic amines) is 1. The molecule has 0 saturated carbocycles.